The van der Waals surface area contributed by atoms with E-state index in [1.165, 1.54) is 30.8 Å². The van der Waals surface area contributed by atoms with Gasteiger partial charge in [-0.2, -0.15) is 5.10 Å². The fourth-order valence-corrected chi connectivity index (χ4v) is 2.68. The van der Waals surface area contributed by atoms with Gasteiger partial charge in [0, 0.05) is 18.6 Å². The number of aromatic carboxylic acids is 1. The highest BCUT2D eigenvalue weighted by atomic mass is 16.4. The van der Waals surface area contributed by atoms with Gasteiger partial charge < -0.3 is 9.51 Å². The van der Waals surface area contributed by atoms with Crippen LogP contribution in [0.5, 0.6) is 0 Å². The summed E-state index contributed by atoms with van der Waals surface area (Å²) >= 11 is 0. The molecule has 6 heteroatoms. The Morgan fingerprint density at radius 2 is 2.14 bits per heavy atom. The van der Waals surface area contributed by atoms with E-state index in [0.29, 0.717) is 12.0 Å². The third kappa shape index (κ3) is 2.16. The summed E-state index contributed by atoms with van der Waals surface area (Å²) in [5.41, 5.74) is 3.62. The van der Waals surface area contributed by atoms with Gasteiger partial charge in [-0.25, -0.2) is 9.78 Å². The Hall–Kier alpha value is -2.63. The fraction of sp³-hybridized carbons (Fsp3) is 0.312. The van der Waals surface area contributed by atoms with E-state index in [0.717, 1.165) is 11.3 Å². The van der Waals surface area contributed by atoms with E-state index in [2.05, 4.69) is 29.3 Å². The Kier molecular flexibility index (Phi) is 2.63. The average Bonchev–Trinajstić information content (AvgIpc) is 2.92. The number of rotatable bonds is 4. The van der Waals surface area contributed by atoms with Crippen LogP contribution in [0.1, 0.15) is 41.4 Å². The zero-order chi connectivity index (χ0) is 15.3. The first-order valence-electron chi connectivity index (χ1n) is 7.27. The second-order valence-corrected chi connectivity index (χ2v) is 6.21. The van der Waals surface area contributed by atoms with Crippen molar-refractivity contribution in [2.24, 2.45) is 0 Å². The Bertz CT molecular complexity index is 873. The molecule has 1 saturated carbocycles. The molecular weight excluding hydrogens is 280 g/mol. The van der Waals surface area contributed by atoms with Gasteiger partial charge in [-0.05, 0) is 29.9 Å². The lowest BCUT2D eigenvalue weighted by molar-refractivity contribution is 0.0697. The Labute approximate surface area is 127 Å². The first-order chi connectivity index (χ1) is 10.5. The van der Waals surface area contributed by atoms with E-state index < -0.39 is 5.97 Å². The average molecular weight is 296 g/mol. The quantitative estimate of drug-likeness (QED) is 0.802. The van der Waals surface area contributed by atoms with Crippen molar-refractivity contribution in [1.29, 1.82) is 0 Å². The minimum absolute atomic E-state index is 0.188. The third-order valence-corrected chi connectivity index (χ3v) is 4.40. The molecule has 112 valence electrons. The van der Waals surface area contributed by atoms with Crippen molar-refractivity contribution in [2.45, 2.75) is 31.7 Å². The molecule has 0 saturated heterocycles. The molecule has 0 aliphatic heterocycles. The summed E-state index contributed by atoms with van der Waals surface area (Å²) in [6.07, 6.45) is 9.47. The first-order valence-corrected chi connectivity index (χ1v) is 7.27. The Morgan fingerprint density at radius 1 is 1.32 bits per heavy atom. The van der Waals surface area contributed by atoms with Crippen LogP contribution >= 0.6 is 0 Å². The number of hydrogen-bond donors (Lipinski definition) is 1. The van der Waals surface area contributed by atoms with Crippen molar-refractivity contribution in [3.63, 3.8) is 0 Å². The largest absolute Gasteiger partial charge is 0.478 e. The molecule has 0 amide bonds. The van der Waals surface area contributed by atoms with E-state index in [1.54, 1.807) is 4.68 Å². The molecule has 3 aromatic rings. The zero-order valence-corrected chi connectivity index (χ0v) is 12.2. The summed E-state index contributed by atoms with van der Waals surface area (Å²) < 4.78 is 3.63. The topological polar surface area (TPSA) is 72.4 Å². The molecule has 0 atom stereocenters. The lowest BCUT2D eigenvalue weighted by Gasteiger charge is -2.08. The standard InChI is InChI=1S/C16H16N4O2/c1-16(4-5-16)12-2-3-14-18-13(9-19(14)8-12)10-20-7-11(6-17-20)15(21)22/h2-3,6-9H,4-5,10H2,1H3,(H,21,22). The van der Waals surface area contributed by atoms with Crippen LogP contribution in [0.2, 0.25) is 0 Å². The van der Waals surface area contributed by atoms with Gasteiger partial charge in [0.2, 0.25) is 0 Å². The summed E-state index contributed by atoms with van der Waals surface area (Å²) in [6.45, 7) is 2.74. The number of fused-ring (bicyclic) bond motifs is 1. The monoisotopic (exact) mass is 296 g/mol. The Balaban J connectivity index is 1.63. The molecule has 0 bridgehead atoms. The van der Waals surface area contributed by atoms with Crippen molar-refractivity contribution in [2.75, 3.05) is 0 Å². The van der Waals surface area contributed by atoms with Gasteiger partial charge in [-0.15, -0.1) is 0 Å². The maximum atomic E-state index is 10.9. The van der Waals surface area contributed by atoms with Gasteiger partial charge in [0.15, 0.2) is 0 Å². The maximum Gasteiger partial charge on any atom is 0.338 e. The zero-order valence-electron chi connectivity index (χ0n) is 12.2. The van der Waals surface area contributed by atoms with Gasteiger partial charge in [-0.3, -0.25) is 4.68 Å². The SMILES string of the molecule is CC1(c2ccc3nc(Cn4cc(C(=O)O)cn4)cn3c2)CC1. The number of hydrogen-bond acceptors (Lipinski definition) is 3. The predicted octanol–water partition coefficient (Wildman–Crippen LogP) is 2.33. The van der Waals surface area contributed by atoms with Gasteiger partial charge in [-0.1, -0.05) is 13.0 Å². The van der Waals surface area contributed by atoms with Crippen LogP contribution in [0.25, 0.3) is 5.65 Å². The highest BCUT2D eigenvalue weighted by molar-refractivity contribution is 5.86. The smallest absolute Gasteiger partial charge is 0.338 e. The summed E-state index contributed by atoms with van der Waals surface area (Å²) in [7, 11) is 0. The molecule has 0 aromatic carbocycles. The minimum atomic E-state index is -0.969. The maximum absolute atomic E-state index is 10.9. The van der Waals surface area contributed by atoms with E-state index in [1.807, 2.05) is 16.7 Å². The predicted molar refractivity (Wildman–Crippen MR) is 80.1 cm³/mol. The molecule has 6 nitrogen and oxygen atoms in total. The lowest BCUT2D eigenvalue weighted by atomic mass is 10.0. The number of carboxylic acids is 1. The van der Waals surface area contributed by atoms with Crippen molar-refractivity contribution < 1.29 is 9.90 Å². The van der Waals surface area contributed by atoms with E-state index >= 15 is 0 Å². The van der Waals surface area contributed by atoms with Gasteiger partial charge >= 0.3 is 5.97 Å². The molecule has 22 heavy (non-hydrogen) atoms. The molecule has 3 aromatic heterocycles. The van der Waals surface area contributed by atoms with Crippen molar-refractivity contribution in [3.8, 4) is 0 Å². The normalized spacial score (nSPS) is 16.0. The minimum Gasteiger partial charge on any atom is -0.478 e. The van der Waals surface area contributed by atoms with Crippen LogP contribution in [0.15, 0.2) is 36.9 Å². The second kappa shape index (κ2) is 4.43. The number of aromatic nitrogens is 4. The molecule has 3 heterocycles. The molecule has 0 unspecified atom stereocenters. The van der Waals surface area contributed by atoms with E-state index in [-0.39, 0.29) is 5.56 Å². The second-order valence-electron chi connectivity index (χ2n) is 6.21. The van der Waals surface area contributed by atoms with Crippen LogP contribution in [0.4, 0.5) is 0 Å². The van der Waals surface area contributed by atoms with Crippen LogP contribution in [-0.4, -0.2) is 30.2 Å². The highest BCUT2D eigenvalue weighted by Crippen LogP contribution is 2.47. The number of imidazole rings is 1. The molecular formula is C16H16N4O2. The highest BCUT2D eigenvalue weighted by Gasteiger charge is 2.39. The third-order valence-electron chi connectivity index (χ3n) is 4.40. The number of carboxylic acid groups (broad SMARTS) is 1. The Morgan fingerprint density at radius 3 is 2.82 bits per heavy atom. The molecule has 1 aliphatic rings. The number of carbonyl (C=O) groups is 1. The van der Waals surface area contributed by atoms with Gasteiger partial charge in [0.1, 0.15) is 5.65 Å². The summed E-state index contributed by atoms with van der Waals surface area (Å²) in [6, 6.07) is 4.18. The first kappa shape index (κ1) is 13.1. The molecule has 0 spiro atoms. The van der Waals surface area contributed by atoms with Gasteiger partial charge in [0.05, 0.1) is 24.0 Å². The van der Waals surface area contributed by atoms with E-state index in [4.69, 9.17) is 5.11 Å². The molecule has 0 radical (unpaired) electrons. The van der Waals surface area contributed by atoms with Crippen LogP contribution in [0.3, 0.4) is 0 Å². The van der Waals surface area contributed by atoms with Crippen LogP contribution in [-0.2, 0) is 12.0 Å². The summed E-state index contributed by atoms with van der Waals surface area (Å²) in [5.74, 6) is -0.969. The molecule has 1 aliphatic carbocycles. The lowest BCUT2D eigenvalue weighted by Crippen LogP contribution is -2.01. The number of nitrogens with zero attached hydrogens (tertiary/aromatic N) is 4. The number of pyridine rings is 1. The van der Waals surface area contributed by atoms with Gasteiger partial charge in [0.25, 0.3) is 0 Å². The summed E-state index contributed by atoms with van der Waals surface area (Å²) in [5, 5.41) is 13.0. The van der Waals surface area contributed by atoms with E-state index in [9.17, 15) is 4.79 Å². The molecule has 1 fully saturated rings. The van der Waals surface area contributed by atoms with Crippen molar-refractivity contribution >= 4 is 11.6 Å². The van der Waals surface area contributed by atoms with Crippen LogP contribution in [0, 0.1) is 0 Å². The summed E-state index contributed by atoms with van der Waals surface area (Å²) in [4.78, 5) is 15.4. The van der Waals surface area contributed by atoms with Crippen LogP contribution < -0.4 is 0 Å². The fourth-order valence-electron chi connectivity index (χ4n) is 2.68. The molecule has 1 N–H and O–H groups in total. The molecule has 4 rings (SSSR count). The van der Waals surface area contributed by atoms with Crippen molar-refractivity contribution in [1.82, 2.24) is 19.2 Å². The van der Waals surface area contributed by atoms with Crippen molar-refractivity contribution in [3.05, 3.63) is 53.7 Å².